The fourth-order valence-corrected chi connectivity index (χ4v) is 1.97. The van der Waals surface area contributed by atoms with Crippen LogP contribution in [0, 0.1) is 0 Å². The van der Waals surface area contributed by atoms with Crippen LogP contribution in [0.25, 0.3) is 0 Å². The van der Waals surface area contributed by atoms with Crippen molar-refractivity contribution < 1.29 is 24.5 Å². The highest BCUT2D eigenvalue weighted by molar-refractivity contribution is 5.99. The van der Waals surface area contributed by atoms with Crippen LogP contribution in [0.15, 0.2) is 18.2 Å². The first kappa shape index (κ1) is 13.5. The van der Waals surface area contributed by atoms with Crippen LogP contribution in [0.5, 0.6) is 0 Å². The largest absolute Gasteiger partial charge is 0.464 e. The molecule has 1 aliphatic heterocycles. The van der Waals surface area contributed by atoms with Crippen molar-refractivity contribution in [3.8, 4) is 0 Å². The molecule has 0 bridgehead atoms. The minimum absolute atomic E-state index is 0.118. The molecule has 2 rings (SSSR count). The summed E-state index contributed by atoms with van der Waals surface area (Å²) in [6.07, 6.45) is -2.78. The topological polar surface area (TPSA) is 95.9 Å². The lowest BCUT2D eigenvalue weighted by atomic mass is 10.0. The molecule has 0 fully saturated rings. The highest BCUT2D eigenvalue weighted by atomic mass is 16.5. The maximum absolute atomic E-state index is 11.3. The molecule has 1 aliphatic rings. The van der Waals surface area contributed by atoms with E-state index in [9.17, 15) is 19.8 Å². The molecule has 0 spiro atoms. The molecule has 1 heterocycles. The predicted octanol–water partition coefficient (Wildman–Crippen LogP) is 0.139. The number of esters is 1. The second-order valence-electron chi connectivity index (χ2n) is 4.28. The normalized spacial score (nSPS) is 16.5. The third kappa shape index (κ3) is 2.74. The lowest BCUT2D eigenvalue weighted by molar-refractivity contribution is -0.159. The number of carbonyl (C=O) groups excluding carboxylic acids is 2. The smallest absolute Gasteiger partial charge is 0.338 e. The number of nitrogens with one attached hydrogen (secondary N) is 1. The number of carbonyl (C=O) groups is 2. The van der Waals surface area contributed by atoms with Gasteiger partial charge in [0, 0.05) is 5.69 Å². The molecule has 19 heavy (non-hydrogen) atoms. The van der Waals surface area contributed by atoms with Crippen LogP contribution in [0.3, 0.4) is 0 Å². The lowest BCUT2D eigenvalue weighted by Gasteiger charge is -2.17. The quantitative estimate of drug-likeness (QED) is 0.673. The first-order valence-corrected chi connectivity index (χ1v) is 5.98. The Bertz CT molecular complexity index is 514. The number of aliphatic hydroxyl groups is 2. The summed E-state index contributed by atoms with van der Waals surface area (Å²) >= 11 is 0. The van der Waals surface area contributed by atoms with E-state index in [0.717, 1.165) is 5.56 Å². The second-order valence-corrected chi connectivity index (χ2v) is 4.28. The van der Waals surface area contributed by atoms with Crippen LogP contribution >= 0.6 is 0 Å². The molecule has 6 heteroatoms. The lowest BCUT2D eigenvalue weighted by Crippen LogP contribution is -2.29. The fraction of sp³-hybridized carbons (Fsp3) is 0.385. The standard InChI is InChI=1S/C13H15NO5/c1-2-19-13(18)12(17)11(16)7-3-4-9-8(5-7)6-10(15)14-9/h3-5,11-12,16-17H,2,6H2,1H3,(H,14,15). The fourth-order valence-electron chi connectivity index (χ4n) is 1.97. The summed E-state index contributed by atoms with van der Waals surface area (Å²) in [5, 5.41) is 22.3. The number of ether oxygens (including phenoxy) is 1. The third-order valence-corrected chi connectivity index (χ3v) is 2.92. The zero-order chi connectivity index (χ0) is 14.0. The van der Waals surface area contributed by atoms with Crippen molar-refractivity contribution >= 4 is 17.6 Å². The zero-order valence-corrected chi connectivity index (χ0v) is 10.4. The average molecular weight is 265 g/mol. The number of hydrogen-bond acceptors (Lipinski definition) is 5. The zero-order valence-electron chi connectivity index (χ0n) is 10.4. The molecule has 1 aromatic carbocycles. The number of amides is 1. The Hall–Kier alpha value is -1.92. The van der Waals surface area contributed by atoms with Crippen LogP contribution in [0.1, 0.15) is 24.2 Å². The molecule has 1 aromatic rings. The summed E-state index contributed by atoms with van der Waals surface area (Å²) in [5.74, 6) is -0.989. The first-order valence-electron chi connectivity index (χ1n) is 5.98. The van der Waals surface area contributed by atoms with Crippen molar-refractivity contribution in [1.82, 2.24) is 0 Å². The molecule has 0 aliphatic carbocycles. The monoisotopic (exact) mass is 265 g/mol. The van der Waals surface area contributed by atoms with E-state index < -0.39 is 18.2 Å². The summed E-state index contributed by atoms with van der Waals surface area (Å²) in [6, 6.07) is 4.79. The molecule has 0 radical (unpaired) electrons. The Labute approximate surface area is 110 Å². The van der Waals surface area contributed by atoms with Gasteiger partial charge >= 0.3 is 5.97 Å². The Balaban J connectivity index is 2.16. The molecule has 1 amide bonds. The summed E-state index contributed by atoms with van der Waals surface area (Å²) in [6.45, 7) is 1.74. The van der Waals surface area contributed by atoms with Gasteiger partial charge in [0.2, 0.25) is 5.91 Å². The molecule has 2 atom stereocenters. The predicted molar refractivity (Wildman–Crippen MR) is 66.4 cm³/mol. The Kier molecular flexibility index (Phi) is 3.82. The molecule has 3 N–H and O–H groups in total. The van der Waals surface area contributed by atoms with Gasteiger partial charge in [0.1, 0.15) is 6.10 Å². The van der Waals surface area contributed by atoms with Crippen LogP contribution in [0.2, 0.25) is 0 Å². The van der Waals surface area contributed by atoms with E-state index >= 15 is 0 Å². The van der Waals surface area contributed by atoms with Crippen LogP contribution in [-0.4, -0.2) is 34.8 Å². The van der Waals surface area contributed by atoms with Crippen molar-refractivity contribution in [3.05, 3.63) is 29.3 Å². The van der Waals surface area contributed by atoms with Gasteiger partial charge in [-0.15, -0.1) is 0 Å². The number of hydrogen-bond donors (Lipinski definition) is 3. The van der Waals surface area contributed by atoms with E-state index in [2.05, 4.69) is 10.1 Å². The van der Waals surface area contributed by atoms with E-state index in [1.807, 2.05) is 0 Å². The molecule has 0 saturated heterocycles. The average Bonchev–Trinajstić information content (AvgIpc) is 2.76. The van der Waals surface area contributed by atoms with Gasteiger partial charge in [-0.3, -0.25) is 4.79 Å². The first-order chi connectivity index (χ1) is 9.02. The highest BCUT2D eigenvalue weighted by Gasteiger charge is 2.28. The SMILES string of the molecule is CCOC(=O)C(O)C(O)c1ccc2c(c1)CC(=O)N2. The summed E-state index contributed by atoms with van der Waals surface area (Å²) in [5.41, 5.74) is 1.79. The van der Waals surface area contributed by atoms with Gasteiger partial charge in [-0.2, -0.15) is 0 Å². The Morgan fingerprint density at radius 3 is 2.89 bits per heavy atom. The third-order valence-electron chi connectivity index (χ3n) is 2.92. The molecule has 2 unspecified atom stereocenters. The van der Waals surface area contributed by atoms with E-state index in [0.29, 0.717) is 11.3 Å². The number of fused-ring (bicyclic) bond motifs is 1. The van der Waals surface area contributed by atoms with Gasteiger partial charge in [-0.1, -0.05) is 12.1 Å². The van der Waals surface area contributed by atoms with Gasteiger partial charge < -0.3 is 20.3 Å². The highest BCUT2D eigenvalue weighted by Crippen LogP contribution is 2.27. The van der Waals surface area contributed by atoms with Crippen molar-refractivity contribution in [2.24, 2.45) is 0 Å². The van der Waals surface area contributed by atoms with Crippen molar-refractivity contribution in [2.45, 2.75) is 25.6 Å². The van der Waals surface area contributed by atoms with Crippen molar-refractivity contribution in [3.63, 3.8) is 0 Å². The van der Waals surface area contributed by atoms with Gasteiger partial charge in [-0.05, 0) is 24.1 Å². The number of aliphatic hydroxyl groups excluding tert-OH is 2. The second kappa shape index (κ2) is 5.38. The van der Waals surface area contributed by atoms with Crippen LogP contribution in [-0.2, 0) is 20.7 Å². The summed E-state index contributed by atoms with van der Waals surface area (Å²) < 4.78 is 4.64. The van der Waals surface area contributed by atoms with Gasteiger partial charge in [0.15, 0.2) is 6.10 Å². The van der Waals surface area contributed by atoms with Gasteiger partial charge in [0.25, 0.3) is 0 Å². The number of rotatable bonds is 4. The van der Waals surface area contributed by atoms with Crippen molar-refractivity contribution in [1.29, 1.82) is 0 Å². The maximum Gasteiger partial charge on any atom is 0.338 e. The number of benzene rings is 1. The Morgan fingerprint density at radius 2 is 2.21 bits per heavy atom. The molecular formula is C13H15NO5. The number of anilines is 1. The van der Waals surface area contributed by atoms with E-state index in [1.165, 1.54) is 0 Å². The minimum atomic E-state index is -1.64. The van der Waals surface area contributed by atoms with Gasteiger partial charge in [0.05, 0.1) is 13.0 Å². The molecule has 0 saturated carbocycles. The molecule has 0 aromatic heterocycles. The van der Waals surface area contributed by atoms with E-state index in [1.54, 1.807) is 25.1 Å². The maximum atomic E-state index is 11.3. The van der Waals surface area contributed by atoms with Crippen molar-refractivity contribution in [2.75, 3.05) is 11.9 Å². The Morgan fingerprint density at radius 1 is 1.47 bits per heavy atom. The molecule has 102 valence electrons. The van der Waals surface area contributed by atoms with Crippen LogP contribution < -0.4 is 5.32 Å². The molecular weight excluding hydrogens is 250 g/mol. The summed E-state index contributed by atoms with van der Waals surface area (Å²) in [4.78, 5) is 22.6. The minimum Gasteiger partial charge on any atom is -0.464 e. The van der Waals surface area contributed by atoms with Crippen LogP contribution in [0.4, 0.5) is 5.69 Å². The molecule has 6 nitrogen and oxygen atoms in total. The van der Waals surface area contributed by atoms with E-state index in [4.69, 9.17) is 0 Å². The summed E-state index contributed by atoms with van der Waals surface area (Å²) in [7, 11) is 0. The van der Waals surface area contributed by atoms with E-state index in [-0.39, 0.29) is 18.9 Å². The van der Waals surface area contributed by atoms with Gasteiger partial charge in [-0.25, -0.2) is 4.79 Å².